The van der Waals surface area contributed by atoms with Crippen molar-refractivity contribution >= 4 is 23.5 Å². The molecule has 0 atom stereocenters. The van der Waals surface area contributed by atoms with Crippen LogP contribution in [0.15, 0.2) is 6.07 Å². The van der Waals surface area contributed by atoms with E-state index in [0.29, 0.717) is 25.2 Å². The van der Waals surface area contributed by atoms with Gasteiger partial charge in [-0.05, 0) is 44.7 Å². The van der Waals surface area contributed by atoms with Crippen molar-refractivity contribution in [3.05, 3.63) is 17.3 Å². The molecule has 1 N–H and O–H groups in total. The van der Waals surface area contributed by atoms with Crippen LogP contribution in [0, 0.1) is 12.3 Å². The summed E-state index contributed by atoms with van der Waals surface area (Å²) in [6, 6.07) is 1.89. The normalized spacial score (nSPS) is 14.3. The Bertz CT molecular complexity index is 684. The first kappa shape index (κ1) is 19.2. The highest BCUT2D eigenvalue weighted by Gasteiger charge is 2.30. The van der Waals surface area contributed by atoms with Gasteiger partial charge in [0.2, 0.25) is 5.91 Å². The maximum absolute atomic E-state index is 12.4. The van der Waals surface area contributed by atoms with Crippen molar-refractivity contribution in [3.63, 3.8) is 0 Å². The number of pyridine rings is 1. The van der Waals surface area contributed by atoms with E-state index in [-0.39, 0.29) is 17.4 Å². The van der Waals surface area contributed by atoms with Crippen LogP contribution in [-0.4, -0.2) is 29.1 Å². The highest BCUT2D eigenvalue weighted by molar-refractivity contribution is 5.93. The summed E-state index contributed by atoms with van der Waals surface area (Å²) in [5.41, 5.74) is 1.78. The molecule has 1 aromatic rings. The first-order valence-electron chi connectivity index (χ1n) is 8.67. The lowest BCUT2D eigenvalue weighted by Gasteiger charge is -2.25. The number of aromatic nitrogens is 1. The maximum atomic E-state index is 12.4. The van der Waals surface area contributed by atoms with Gasteiger partial charge in [0.15, 0.2) is 0 Å². The van der Waals surface area contributed by atoms with Crippen LogP contribution in [0.25, 0.3) is 0 Å². The van der Waals surface area contributed by atoms with E-state index in [0.717, 1.165) is 16.9 Å². The minimum atomic E-state index is -0.539. The van der Waals surface area contributed by atoms with Gasteiger partial charge in [0.05, 0.1) is 11.4 Å². The average Bonchev–Trinajstić information content (AvgIpc) is 2.77. The molecule has 1 aromatic heterocycles. The molecule has 0 unspecified atom stereocenters. The van der Waals surface area contributed by atoms with Crippen molar-refractivity contribution in [2.24, 2.45) is 5.41 Å². The third kappa shape index (κ3) is 5.18. The van der Waals surface area contributed by atoms with Crippen LogP contribution < -0.4 is 10.2 Å². The molecule has 1 aliphatic rings. The number of amides is 2. The molecule has 2 rings (SSSR count). The Kier molecular flexibility index (Phi) is 5.11. The van der Waals surface area contributed by atoms with E-state index in [9.17, 15) is 9.59 Å². The smallest absolute Gasteiger partial charge is 0.414 e. The van der Waals surface area contributed by atoms with Gasteiger partial charge < -0.3 is 10.1 Å². The van der Waals surface area contributed by atoms with Gasteiger partial charge in [0.1, 0.15) is 11.4 Å². The van der Waals surface area contributed by atoms with Crippen molar-refractivity contribution in [3.8, 4) is 0 Å². The molecule has 0 bridgehead atoms. The van der Waals surface area contributed by atoms with Crippen LogP contribution in [0.2, 0.25) is 0 Å². The fraction of sp³-hybridized carbons (Fsp3) is 0.632. The van der Waals surface area contributed by atoms with Gasteiger partial charge in [0.25, 0.3) is 0 Å². The summed E-state index contributed by atoms with van der Waals surface area (Å²) in [6.45, 7) is 14.0. The number of carbonyl (C=O) groups excluding carboxylic acids is 2. The van der Waals surface area contributed by atoms with E-state index < -0.39 is 5.60 Å². The lowest BCUT2D eigenvalue weighted by molar-refractivity contribution is -0.117. The predicted octanol–water partition coefficient (Wildman–Crippen LogP) is 4.06. The van der Waals surface area contributed by atoms with Crippen LogP contribution >= 0.6 is 0 Å². The number of ether oxygens (including phenoxy) is 1. The van der Waals surface area contributed by atoms with E-state index in [1.807, 2.05) is 54.5 Å². The zero-order valence-corrected chi connectivity index (χ0v) is 16.3. The second-order valence-electron chi connectivity index (χ2n) is 8.79. The largest absolute Gasteiger partial charge is 0.443 e. The van der Waals surface area contributed by atoms with Crippen molar-refractivity contribution < 1.29 is 14.3 Å². The Labute approximate surface area is 150 Å². The van der Waals surface area contributed by atoms with E-state index in [2.05, 4.69) is 10.3 Å². The molecule has 0 fully saturated rings. The first-order chi connectivity index (χ1) is 11.4. The van der Waals surface area contributed by atoms with Crippen LogP contribution in [0.1, 0.15) is 59.2 Å². The highest BCUT2D eigenvalue weighted by Crippen LogP contribution is 2.32. The van der Waals surface area contributed by atoms with Gasteiger partial charge in [-0.2, -0.15) is 0 Å². The van der Waals surface area contributed by atoms with Crippen molar-refractivity contribution in [2.45, 2.75) is 66.9 Å². The van der Waals surface area contributed by atoms with Crippen LogP contribution in [0.4, 0.5) is 16.3 Å². The monoisotopic (exact) mass is 347 g/mol. The Morgan fingerprint density at radius 1 is 1.24 bits per heavy atom. The number of nitrogens with zero attached hydrogens (tertiary/aromatic N) is 2. The van der Waals surface area contributed by atoms with Crippen LogP contribution in [-0.2, 0) is 16.0 Å². The molecule has 138 valence electrons. The number of nitrogens with one attached hydrogen (secondary N) is 1. The number of carbonyl (C=O) groups is 2. The molecule has 6 nitrogen and oxygen atoms in total. The minimum absolute atomic E-state index is 0.0509. The molecule has 0 radical (unpaired) electrons. The Balaban J connectivity index is 2.18. The van der Waals surface area contributed by atoms with Crippen LogP contribution in [0.5, 0.6) is 0 Å². The highest BCUT2D eigenvalue weighted by atomic mass is 16.6. The molecular formula is C19H29N3O3. The van der Waals surface area contributed by atoms with E-state index in [1.165, 1.54) is 0 Å². The molecule has 0 saturated carbocycles. The molecular weight excluding hydrogens is 318 g/mol. The zero-order valence-electron chi connectivity index (χ0n) is 16.3. The van der Waals surface area contributed by atoms with Crippen molar-refractivity contribution in [2.75, 3.05) is 16.8 Å². The summed E-state index contributed by atoms with van der Waals surface area (Å²) in [6.07, 6.45) is 0.712. The van der Waals surface area contributed by atoms with Gasteiger partial charge in [-0.15, -0.1) is 0 Å². The molecule has 0 aromatic carbocycles. The third-order valence-electron chi connectivity index (χ3n) is 3.69. The molecule has 6 heteroatoms. The first-order valence-corrected chi connectivity index (χ1v) is 8.67. The Morgan fingerprint density at radius 2 is 1.88 bits per heavy atom. The SMILES string of the molecule is Cc1cc2c(nc1NC(=O)CC(C)(C)C)CCN2C(=O)OC(C)(C)C. The number of aryl methyl sites for hydroxylation is 1. The maximum Gasteiger partial charge on any atom is 0.414 e. The number of fused-ring (bicyclic) bond motifs is 1. The summed E-state index contributed by atoms with van der Waals surface area (Å²) >= 11 is 0. The summed E-state index contributed by atoms with van der Waals surface area (Å²) in [7, 11) is 0. The molecule has 0 saturated heterocycles. The average molecular weight is 347 g/mol. The zero-order chi connectivity index (χ0) is 19.0. The molecule has 0 spiro atoms. The van der Waals surface area contributed by atoms with Gasteiger partial charge in [-0.1, -0.05) is 20.8 Å². The van der Waals surface area contributed by atoms with Gasteiger partial charge >= 0.3 is 6.09 Å². The number of rotatable bonds is 2. The second-order valence-corrected chi connectivity index (χ2v) is 8.79. The standard InChI is InChI=1S/C19H29N3O3/c1-12-10-14-13(8-9-22(14)17(24)25-19(5,6)7)20-16(12)21-15(23)11-18(2,3)4/h10H,8-9,11H2,1-7H3,(H,20,21,23). The molecule has 2 heterocycles. The minimum Gasteiger partial charge on any atom is -0.443 e. The van der Waals surface area contributed by atoms with Gasteiger partial charge in [-0.3, -0.25) is 9.69 Å². The second kappa shape index (κ2) is 6.65. The fourth-order valence-electron chi connectivity index (χ4n) is 2.68. The molecule has 1 aliphatic heterocycles. The fourth-order valence-corrected chi connectivity index (χ4v) is 2.68. The van der Waals surface area contributed by atoms with Crippen molar-refractivity contribution in [1.82, 2.24) is 4.98 Å². The van der Waals surface area contributed by atoms with Crippen LogP contribution in [0.3, 0.4) is 0 Å². The lowest BCUT2D eigenvalue weighted by Crippen LogP contribution is -2.35. The summed E-state index contributed by atoms with van der Waals surface area (Å²) in [5, 5.41) is 2.89. The number of anilines is 2. The Morgan fingerprint density at radius 3 is 2.44 bits per heavy atom. The van der Waals surface area contributed by atoms with Gasteiger partial charge in [-0.25, -0.2) is 9.78 Å². The molecule has 25 heavy (non-hydrogen) atoms. The number of hydrogen-bond acceptors (Lipinski definition) is 4. The Hall–Kier alpha value is -2.11. The summed E-state index contributed by atoms with van der Waals surface area (Å²) in [4.78, 5) is 30.7. The topological polar surface area (TPSA) is 71.5 Å². The quantitative estimate of drug-likeness (QED) is 0.875. The molecule has 2 amide bonds. The van der Waals surface area contributed by atoms with Gasteiger partial charge in [0, 0.05) is 19.4 Å². The van der Waals surface area contributed by atoms with E-state index in [1.54, 1.807) is 4.90 Å². The number of hydrogen-bond donors (Lipinski definition) is 1. The third-order valence-corrected chi connectivity index (χ3v) is 3.69. The van der Waals surface area contributed by atoms with E-state index in [4.69, 9.17) is 4.74 Å². The van der Waals surface area contributed by atoms with E-state index >= 15 is 0 Å². The molecule has 0 aliphatic carbocycles. The van der Waals surface area contributed by atoms with Crippen molar-refractivity contribution in [1.29, 1.82) is 0 Å². The summed E-state index contributed by atoms with van der Waals surface area (Å²) < 4.78 is 5.46. The lowest BCUT2D eigenvalue weighted by atomic mass is 9.92. The summed E-state index contributed by atoms with van der Waals surface area (Å²) in [5.74, 6) is 0.518. The predicted molar refractivity (Wildman–Crippen MR) is 99.0 cm³/mol.